The lowest BCUT2D eigenvalue weighted by Crippen LogP contribution is -2.56. The highest BCUT2D eigenvalue weighted by Crippen LogP contribution is 2.35. The van der Waals surface area contributed by atoms with E-state index in [0.29, 0.717) is 28.4 Å². The molecule has 2 amide bonds. The number of carbonyl (C=O) groups is 3. The number of aromatic nitrogens is 2. The number of benzene rings is 1. The molecular weight excluding hydrogens is 540 g/mol. The number of nitrogens with one attached hydrogen (secondary N) is 1. The van der Waals surface area contributed by atoms with Crippen LogP contribution in [0.3, 0.4) is 0 Å². The third kappa shape index (κ3) is 7.49. The van der Waals surface area contributed by atoms with Gasteiger partial charge in [0.1, 0.15) is 29.6 Å². The largest absolute Gasteiger partial charge is 0.497 e. The van der Waals surface area contributed by atoms with Crippen LogP contribution in [0.5, 0.6) is 11.6 Å². The van der Waals surface area contributed by atoms with E-state index in [-0.39, 0.29) is 13.0 Å². The first-order chi connectivity index (χ1) is 19.9. The van der Waals surface area contributed by atoms with Crippen molar-refractivity contribution >= 4 is 34.6 Å². The summed E-state index contributed by atoms with van der Waals surface area (Å²) in [5.41, 5.74) is 2.06. The number of carboxylic acid groups (broad SMARTS) is 1. The van der Waals surface area contributed by atoms with Gasteiger partial charge in [0.05, 0.1) is 31.8 Å². The Balaban J connectivity index is 1.64. The Bertz CT molecular complexity index is 1350. The van der Waals surface area contributed by atoms with E-state index in [2.05, 4.69) is 11.4 Å². The van der Waals surface area contributed by atoms with Gasteiger partial charge in [0, 0.05) is 12.5 Å². The molecule has 11 heteroatoms. The summed E-state index contributed by atoms with van der Waals surface area (Å²) >= 11 is 0. The van der Waals surface area contributed by atoms with Crippen LogP contribution in [0.4, 0.5) is 4.79 Å². The number of methoxy groups -OCH3 is 2. The Hall–Kier alpha value is -3.89. The lowest BCUT2D eigenvalue weighted by molar-refractivity contribution is -0.152. The fourth-order valence-electron chi connectivity index (χ4n) is 5.29. The second-order valence-corrected chi connectivity index (χ2v) is 12.2. The molecule has 1 aliphatic carbocycles. The van der Waals surface area contributed by atoms with Gasteiger partial charge in [-0.3, -0.25) is 4.79 Å². The molecule has 2 heterocycles. The maximum absolute atomic E-state index is 13.7. The van der Waals surface area contributed by atoms with Crippen LogP contribution in [0.2, 0.25) is 0 Å². The maximum atomic E-state index is 13.7. The van der Waals surface area contributed by atoms with Gasteiger partial charge in [0.2, 0.25) is 11.8 Å². The molecule has 1 aromatic heterocycles. The van der Waals surface area contributed by atoms with E-state index in [1.807, 2.05) is 19.1 Å². The lowest BCUT2D eigenvalue weighted by Gasteiger charge is -2.34. The average Bonchev–Trinajstić information content (AvgIpc) is 3.68. The molecule has 0 spiro atoms. The molecule has 42 heavy (non-hydrogen) atoms. The van der Waals surface area contributed by atoms with E-state index in [4.69, 9.17) is 24.2 Å². The van der Waals surface area contributed by atoms with Gasteiger partial charge in [0.25, 0.3) is 0 Å². The highest BCUT2D eigenvalue weighted by molar-refractivity contribution is 5.90. The molecule has 3 atom stereocenters. The van der Waals surface area contributed by atoms with Gasteiger partial charge in [0.15, 0.2) is 0 Å². The fraction of sp³-hybridized carbons (Fsp3) is 0.581. The molecule has 1 saturated heterocycles. The minimum Gasteiger partial charge on any atom is -0.497 e. The summed E-state index contributed by atoms with van der Waals surface area (Å²) < 4.78 is 16.8. The zero-order chi connectivity index (χ0) is 30.6. The maximum Gasteiger partial charge on any atom is 0.405 e. The Morgan fingerprint density at radius 2 is 1.90 bits per heavy atom. The van der Waals surface area contributed by atoms with Crippen molar-refractivity contribution in [3.05, 3.63) is 30.0 Å². The number of amides is 2. The Labute approximate surface area is 246 Å². The molecule has 1 saturated carbocycles. The van der Waals surface area contributed by atoms with E-state index in [1.165, 1.54) is 31.3 Å². The molecule has 2 fully saturated rings. The topological polar surface area (TPSA) is 140 Å². The van der Waals surface area contributed by atoms with E-state index in [0.717, 1.165) is 24.3 Å². The first-order valence-electron chi connectivity index (χ1n) is 14.5. The number of carbonyl (C=O) groups excluding carboxylic acids is 2. The van der Waals surface area contributed by atoms with Crippen LogP contribution in [-0.4, -0.2) is 76.9 Å². The number of nitrogens with zero attached hydrogens (tertiary/aromatic N) is 3. The molecule has 0 bridgehead atoms. The number of hydrogen-bond acceptors (Lipinski definition) is 8. The fourth-order valence-corrected chi connectivity index (χ4v) is 5.29. The zero-order valence-corrected chi connectivity index (χ0v) is 25.3. The van der Waals surface area contributed by atoms with Crippen molar-refractivity contribution in [1.29, 1.82) is 0 Å². The molecule has 2 aliphatic rings. The van der Waals surface area contributed by atoms with Crippen LogP contribution < -0.4 is 14.8 Å². The van der Waals surface area contributed by atoms with Crippen LogP contribution in [-0.2, 0) is 14.3 Å². The summed E-state index contributed by atoms with van der Waals surface area (Å²) in [5.74, 6) is 0.676. The molecular formula is C31H42N4O7. The summed E-state index contributed by atoms with van der Waals surface area (Å²) in [6.07, 6.45) is 6.29. The zero-order valence-electron chi connectivity index (χ0n) is 25.3. The smallest absolute Gasteiger partial charge is 0.405 e. The van der Waals surface area contributed by atoms with Gasteiger partial charge in [-0.1, -0.05) is 46.1 Å². The second kappa shape index (κ2) is 13.0. The van der Waals surface area contributed by atoms with Gasteiger partial charge in [-0.25, -0.2) is 19.6 Å². The molecule has 4 rings (SSSR count). The molecule has 11 nitrogen and oxygen atoms in total. The predicted molar refractivity (Wildman–Crippen MR) is 157 cm³/mol. The Kier molecular flexibility index (Phi) is 9.58. The quantitative estimate of drug-likeness (QED) is 0.282. The summed E-state index contributed by atoms with van der Waals surface area (Å²) in [6, 6.07) is 3.43. The van der Waals surface area contributed by atoms with Crippen LogP contribution in [0.25, 0.3) is 16.6 Å². The van der Waals surface area contributed by atoms with E-state index < -0.39 is 41.6 Å². The van der Waals surface area contributed by atoms with E-state index in [1.54, 1.807) is 33.9 Å². The van der Waals surface area contributed by atoms with E-state index >= 15 is 0 Å². The molecule has 0 radical (unpaired) electrons. The lowest BCUT2D eigenvalue weighted by atomic mass is 9.85. The standard InChI is InChI=1S/C31H42N4O7/c1-18(9-7-8-10-19-11-12-19)25-27(33-23-15-20(40-5)13-14-22(23)32-25)42-21-16-24(29(37)41-6)35(17-21)28(36)26(31(2,3)4)34-30(38)39/h9,13-15,19,21,24,26,34H,7-8,10-12,16-17H2,1-6H3,(H,38,39). The predicted octanol–water partition coefficient (Wildman–Crippen LogP) is 4.83. The summed E-state index contributed by atoms with van der Waals surface area (Å²) in [5, 5.41) is 11.7. The van der Waals surface area contributed by atoms with Crippen LogP contribution in [0.15, 0.2) is 24.3 Å². The molecule has 228 valence electrons. The van der Waals surface area contributed by atoms with Crippen LogP contribution in [0, 0.1) is 11.3 Å². The minimum absolute atomic E-state index is 0.0495. The van der Waals surface area contributed by atoms with Crippen molar-refractivity contribution in [3.8, 4) is 11.6 Å². The first-order valence-corrected chi connectivity index (χ1v) is 14.5. The number of unbranched alkanes of at least 4 members (excludes halogenated alkanes) is 1. The highest BCUT2D eigenvalue weighted by atomic mass is 16.5. The molecule has 3 unspecified atom stereocenters. The van der Waals surface area contributed by atoms with Crippen molar-refractivity contribution in [2.45, 2.75) is 84.4 Å². The third-order valence-corrected chi connectivity index (χ3v) is 7.86. The number of rotatable bonds is 11. The van der Waals surface area contributed by atoms with E-state index in [9.17, 15) is 19.5 Å². The summed E-state index contributed by atoms with van der Waals surface area (Å²) in [4.78, 5) is 49.0. The number of hydrogen-bond donors (Lipinski definition) is 2. The third-order valence-electron chi connectivity index (χ3n) is 7.86. The van der Waals surface area contributed by atoms with Crippen LogP contribution >= 0.6 is 0 Å². The highest BCUT2D eigenvalue weighted by Gasteiger charge is 2.46. The van der Waals surface area contributed by atoms with Crippen LogP contribution in [0.1, 0.15) is 71.9 Å². The average molecular weight is 583 g/mol. The van der Waals surface area contributed by atoms with Gasteiger partial charge in [-0.15, -0.1) is 0 Å². The van der Waals surface area contributed by atoms with Crippen molar-refractivity contribution in [2.24, 2.45) is 11.3 Å². The number of ether oxygens (including phenoxy) is 3. The molecule has 1 aliphatic heterocycles. The van der Waals surface area contributed by atoms with Gasteiger partial charge >= 0.3 is 12.1 Å². The monoisotopic (exact) mass is 582 g/mol. The SMILES string of the molecule is COC(=O)C1CC(Oc2nc3cc(OC)ccc3nc2C(C)=CCCCC2CC2)CN1C(=O)C(NC(=O)O)C(C)(C)C. The first kappa shape index (κ1) is 31.1. The summed E-state index contributed by atoms with van der Waals surface area (Å²) in [6.45, 7) is 7.31. The minimum atomic E-state index is -1.32. The van der Waals surface area contributed by atoms with Crippen molar-refractivity contribution in [3.63, 3.8) is 0 Å². The normalized spacial score (nSPS) is 19.9. The number of fused-ring (bicyclic) bond motifs is 1. The Morgan fingerprint density at radius 1 is 1.17 bits per heavy atom. The molecule has 2 N–H and O–H groups in total. The molecule has 2 aromatic rings. The summed E-state index contributed by atoms with van der Waals surface area (Å²) in [7, 11) is 2.84. The van der Waals surface area contributed by atoms with Gasteiger partial charge in [-0.05, 0) is 48.8 Å². The van der Waals surface area contributed by atoms with Gasteiger partial charge in [-0.2, -0.15) is 0 Å². The van der Waals surface area contributed by atoms with Crippen molar-refractivity contribution < 1.29 is 33.7 Å². The van der Waals surface area contributed by atoms with Crippen molar-refractivity contribution in [2.75, 3.05) is 20.8 Å². The van der Waals surface area contributed by atoms with Crippen molar-refractivity contribution in [1.82, 2.24) is 20.2 Å². The molecule has 1 aromatic carbocycles. The number of esters is 1. The second-order valence-electron chi connectivity index (χ2n) is 12.2. The number of likely N-dealkylation sites (tertiary alicyclic amines) is 1. The number of allylic oxidation sites excluding steroid dienone is 2. The van der Waals surface area contributed by atoms with Gasteiger partial charge < -0.3 is 29.5 Å². The Morgan fingerprint density at radius 3 is 2.52 bits per heavy atom.